The molecule has 0 spiro atoms. The summed E-state index contributed by atoms with van der Waals surface area (Å²) in [6.45, 7) is 3.97. The predicted molar refractivity (Wildman–Crippen MR) is 186 cm³/mol. The molecule has 2 aliphatic rings. The van der Waals surface area contributed by atoms with Crippen molar-refractivity contribution in [3.05, 3.63) is 70.8 Å². The molecule has 14 heteroatoms. The molecule has 0 N–H and O–H groups in total. The molecule has 8 nitrogen and oxygen atoms in total. The molecule has 276 valence electrons. The summed E-state index contributed by atoms with van der Waals surface area (Å²) in [5, 5.41) is 0. The first-order valence-corrected chi connectivity index (χ1v) is 18.4. The van der Waals surface area contributed by atoms with Gasteiger partial charge in [-0.2, -0.15) is 0 Å². The first-order valence-electron chi connectivity index (χ1n) is 16.7. The largest absolute Gasteiger partial charge is 0.458 e. The van der Waals surface area contributed by atoms with Crippen molar-refractivity contribution in [3.8, 4) is 20.9 Å². The highest BCUT2D eigenvalue weighted by Crippen LogP contribution is 2.47. The van der Waals surface area contributed by atoms with E-state index in [9.17, 15) is 36.7 Å². The lowest BCUT2D eigenvalue weighted by Gasteiger charge is -2.32. The molecule has 2 aliphatic carbocycles. The second-order valence-electron chi connectivity index (χ2n) is 13.4. The van der Waals surface area contributed by atoms with Crippen LogP contribution < -0.4 is 0 Å². The van der Waals surface area contributed by atoms with Crippen LogP contribution in [0.1, 0.15) is 113 Å². The zero-order chi connectivity index (χ0) is 37.5. The summed E-state index contributed by atoms with van der Waals surface area (Å²) in [5.74, 6) is -9.47. The van der Waals surface area contributed by atoms with Crippen molar-refractivity contribution < 1.29 is 55.7 Å². The molecule has 4 aromatic rings. The van der Waals surface area contributed by atoms with Crippen LogP contribution in [0.3, 0.4) is 0 Å². The molecule has 0 saturated heterocycles. The second-order valence-corrected chi connectivity index (χ2v) is 15.6. The van der Waals surface area contributed by atoms with E-state index < -0.39 is 67.0 Å². The molecule has 52 heavy (non-hydrogen) atoms. The number of carbonyl (C=O) groups is 4. The minimum absolute atomic E-state index is 0.140. The van der Waals surface area contributed by atoms with Crippen LogP contribution in [-0.4, -0.2) is 35.7 Å². The Morgan fingerprint density at radius 3 is 1.29 bits per heavy atom. The molecule has 2 aromatic heterocycles. The van der Waals surface area contributed by atoms with E-state index in [-0.39, 0.29) is 18.8 Å². The Kier molecular flexibility index (Phi) is 10.5. The molecule has 0 saturated carbocycles. The summed E-state index contributed by atoms with van der Waals surface area (Å²) in [7, 11) is 0. The highest BCUT2D eigenvalue weighted by molar-refractivity contribution is 7.31. The third kappa shape index (κ3) is 8.83. The van der Waals surface area contributed by atoms with Crippen molar-refractivity contribution >= 4 is 56.0 Å². The van der Waals surface area contributed by atoms with Gasteiger partial charge < -0.3 is 18.9 Å². The summed E-state index contributed by atoms with van der Waals surface area (Å²) in [6.07, 6.45) is -3.53. The first-order chi connectivity index (χ1) is 24.4. The third-order valence-electron chi connectivity index (χ3n) is 8.79. The van der Waals surface area contributed by atoms with Crippen molar-refractivity contribution in [3.63, 3.8) is 0 Å². The van der Waals surface area contributed by atoms with Crippen molar-refractivity contribution in [2.75, 3.05) is 0 Å². The van der Waals surface area contributed by atoms with Gasteiger partial charge in [-0.1, -0.05) is 24.3 Å². The predicted octanol–water partition coefficient (Wildman–Crippen LogP) is 10.4. The fraction of sp³-hybridized carbons (Fsp3) is 0.421. The fourth-order valence-corrected chi connectivity index (χ4v) is 9.13. The number of fused-ring (bicyclic) bond motifs is 3. The Bertz CT molecular complexity index is 1990. The summed E-state index contributed by atoms with van der Waals surface area (Å²) in [6, 6.07) is 15.1. The third-order valence-corrected chi connectivity index (χ3v) is 11.2. The number of hydrogen-bond acceptors (Lipinski definition) is 10. The van der Waals surface area contributed by atoms with Crippen LogP contribution in [0.4, 0.5) is 17.6 Å². The van der Waals surface area contributed by atoms with E-state index in [1.165, 1.54) is 25.2 Å². The lowest BCUT2D eigenvalue weighted by molar-refractivity contribution is -0.163. The SMILES string of the molecule is CC(=O)OC1CCC(OC(C)=O)c2cc(-c3cc4sc(-c5ccc6c(c5)C(OC(=O)CC(C)(F)F)CCC6OC(=O)CC(C)(F)F)cc4s3)ccc21. The van der Waals surface area contributed by atoms with Crippen LogP contribution >= 0.6 is 22.7 Å². The topological polar surface area (TPSA) is 105 Å². The van der Waals surface area contributed by atoms with E-state index in [4.69, 9.17) is 18.9 Å². The van der Waals surface area contributed by atoms with Crippen LogP contribution in [-0.2, 0) is 38.1 Å². The van der Waals surface area contributed by atoms with Gasteiger partial charge in [-0.05, 0) is 97.2 Å². The van der Waals surface area contributed by atoms with Gasteiger partial charge in [0, 0.05) is 33.0 Å². The minimum Gasteiger partial charge on any atom is -0.458 e. The van der Waals surface area contributed by atoms with Crippen molar-refractivity contribution in [2.45, 2.75) is 102 Å². The monoisotopic (exact) mass is 760 g/mol. The Morgan fingerprint density at radius 2 is 0.923 bits per heavy atom. The van der Waals surface area contributed by atoms with Crippen LogP contribution in [0.2, 0.25) is 0 Å². The van der Waals surface area contributed by atoms with Crippen molar-refractivity contribution in [1.29, 1.82) is 0 Å². The summed E-state index contributed by atoms with van der Waals surface area (Å²) < 4.78 is 78.3. The van der Waals surface area contributed by atoms with Gasteiger partial charge in [0.2, 0.25) is 0 Å². The molecule has 0 radical (unpaired) electrons. The minimum atomic E-state index is -3.27. The number of halogens is 4. The van der Waals surface area contributed by atoms with E-state index >= 15 is 0 Å². The van der Waals surface area contributed by atoms with Crippen molar-refractivity contribution in [1.82, 2.24) is 0 Å². The highest BCUT2D eigenvalue weighted by Gasteiger charge is 2.36. The molecule has 6 rings (SSSR count). The van der Waals surface area contributed by atoms with Gasteiger partial charge in [-0.3, -0.25) is 19.2 Å². The Balaban J connectivity index is 1.29. The maximum Gasteiger partial charge on any atom is 0.312 e. The average Bonchev–Trinajstić information content (AvgIpc) is 3.61. The number of carbonyl (C=O) groups excluding carboxylic acids is 4. The maximum absolute atomic E-state index is 13.6. The lowest BCUT2D eigenvalue weighted by Crippen LogP contribution is -2.26. The van der Waals surface area contributed by atoms with E-state index in [1.54, 1.807) is 29.5 Å². The van der Waals surface area contributed by atoms with Gasteiger partial charge in [0.25, 0.3) is 11.8 Å². The lowest BCUT2D eigenvalue weighted by atomic mass is 9.85. The molecule has 0 fully saturated rings. The highest BCUT2D eigenvalue weighted by atomic mass is 32.1. The molecular weight excluding hydrogens is 725 g/mol. The Hall–Kier alpha value is -4.30. The molecule has 4 atom stereocenters. The number of thiophene rings is 2. The first kappa shape index (κ1) is 37.5. The van der Waals surface area contributed by atoms with E-state index in [0.717, 1.165) is 41.4 Å². The molecule has 0 aliphatic heterocycles. The van der Waals surface area contributed by atoms with E-state index in [0.29, 0.717) is 37.8 Å². The molecule has 0 amide bonds. The van der Waals surface area contributed by atoms with Gasteiger partial charge in [0.05, 0.1) is 0 Å². The van der Waals surface area contributed by atoms with Crippen LogP contribution in [0.5, 0.6) is 0 Å². The summed E-state index contributed by atoms with van der Waals surface area (Å²) in [5.41, 5.74) is 4.17. The zero-order valence-electron chi connectivity index (χ0n) is 28.8. The fourth-order valence-electron chi connectivity index (χ4n) is 6.75. The standard InChI is InChI=1S/C38H36F4O8S2/c1-19(43)47-27-9-11-29(48-20(2)44)25-13-21(5-7-23(25)27)31-15-33-34(51-31)16-32(52-33)22-6-8-24-26(14-22)30(50-36(46)18-38(4,41)42)12-10-28(24)49-35(45)17-37(3,39)40/h5-8,13-16,27-30H,9-12,17-18H2,1-4H3. The van der Waals surface area contributed by atoms with Crippen LogP contribution in [0.25, 0.3) is 30.3 Å². The van der Waals surface area contributed by atoms with Gasteiger partial charge >= 0.3 is 23.9 Å². The van der Waals surface area contributed by atoms with Gasteiger partial charge in [-0.15, -0.1) is 22.7 Å². The van der Waals surface area contributed by atoms with E-state index in [1.807, 2.05) is 24.3 Å². The Morgan fingerprint density at radius 1 is 0.577 bits per heavy atom. The zero-order valence-corrected chi connectivity index (χ0v) is 30.4. The molecule has 0 bridgehead atoms. The van der Waals surface area contributed by atoms with Gasteiger partial charge in [0.1, 0.15) is 37.3 Å². The molecule has 4 unspecified atom stereocenters. The Labute approximate surface area is 305 Å². The number of hydrogen-bond donors (Lipinski definition) is 0. The quantitative estimate of drug-likeness (QED) is 0.0894. The molecule has 2 heterocycles. The molecule has 2 aromatic carbocycles. The number of esters is 4. The number of benzene rings is 2. The summed E-state index contributed by atoms with van der Waals surface area (Å²) in [4.78, 5) is 50.2. The average molecular weight is 761 g/mol. The molecular formula is C38H36F4O8S2. The number of ether oxygens (including phenoxy) is 4. The second kappa shape index (κ2) is 14.6. The van der Waals surface area contributed by atoms with Gasteiger partial charge in [-0.25, -0.2) is 17.6 Å². The van der Waals surface area contributed by atoms with Crippen molar-refractivity contribution in [2.24, 2.45) is 0 Å². The van der Waals surface area contributed by atoms with Gasteiger partial charge in [0.15, 0.2) is 0 Å². The van der Waals surface area contributed by atoms with Crippen LogP contribution in [0.15, 0.2) is 48.5 Å². The van der Waals surface area contributed by atoms with E-state index in [2.05, 4.69) is 6.07 Å². The number of rotatable bonds is 10. The van der Waals surface area contributed by atoms with Crippen LogP contribution in [0, 0.1) is 0 Å². The maximum atomic E-state index is 13.6. The smallest absolute Gasteiger partial charge is 0.312 e. The number of alkyl halides is 4. The summed E-state index contributed by atoms with van der Waals surface area (Å²) >= 11 is 3.07. The normalized spacial score (nSPS) is 20.1.